The molecule has 6 nitrogen and oxygen atoms in total. The van der Waals surface area contributed by atoms with Gasteiger partial charge in [0.2, 0.25) is 0 Å². The van der Waals surface area contributed by atoms with E-state index in [4.69, 9.17) is 9.47 Å². The maximum atomic E-state index is 14.0. The predicted molar refractivity (Wildman–Crippen MR) is 107 cm³/mol. The lowest BCUT2D eigenvalue weighted by Gasteiger charge is -2.36. The number of halogens is 1. The molecule has 1 aliphatic rings. The van der Waals surface area contributed by atoms with Crippen LogP contribution in [0.2, 0.25) is 0 Å². The number of nitrogens with one attached hydrogen (secondary N) is 1. The maximum Gasteiger partial charge on any atom is 0.317 e. The van der Waals surface area contributed by atoms with E-state index in [0.29, 0.717) is 43.4 Å². The summed E-state index contributed by atoms with van der Waals surface area (Å²) >= 11 is 0. The van der Waals surface area contributed by atoms with E-state index in [1.165, 1.54) is 6.07 Å². The molecule has 2 amide bonds. The van der Waals surface area contributed by atoms with Crippen LogP contribution in [0.1, 0.15) is 18.5 Å². The molecule has 1 fully saturated rings. The summed E-state index contributed by atoms with van der Waals surface area (Å²) in [6.07, 6.45) is 0. The van der Waals surface area contributed by atoms with Crippen LogP contribution in [0.3, 0.4) is 0 Å². The van der Waals surface area contributed by atoms with Crippen LogP contribution in [0.5, 0.6) is 11.5 Å². The summed E-state index contributed by atoms with van der Waals surface area (Å²) in [4.78, 5) is 16.4. The summed E-state index contributed by atoms with van der Waals surface area (Å²) in [5.74, 6) is 1.16. The first-order valence-corrected chi connectivity index (χ1v) is 9.30. The monoisotopic (exact) mass is 387 g/mol. The van der Waals surface area contributed by atoms with Crippen molar-refractivity contribution in [2.75, 3.05) is 45.3 Å². The summed E-state index contributed by atoms with van der Waals surface area (Å²) in [7, 11) is 3.20. The van der Waals surface area contributed by atoms with Gasteiger partial charge in [0, 0.05) is 31.7 Å². The zero-order chi connectivity index (χ0) is 20.1. The lowest BCUT2D eigenvalue weighted by Crippen LogP contribution is -2.52. The van der Waals surface area contributed by atoms with E-state index in [2.05, 4.69) is 5.32 Å². The van der Waals surface area contributed by atoms with Crippen molar-refractivity contribution in [2.24, 2.45) is 0 Å². The number of methoxy groups -OCH3 is 2. The molecule has 0 saturated carbocycles. The second kappa shape index (κ2) is 8.82. The molecular formula is C21H26FN3O3. The van der Waals surface area contributed by atoms with Crippen molar-refractivity contribution in [3.05, 3.63) is 53.8 Å². The molecule has 0 bridgehead atoms. The Labute approximate surface area is 164 Å². The first-order valence-electron chi connectivity index (χ1n) is 9.30. The van der Waals surface area contributed by atoms with Gasteiger partial charge in [-0.15, -0.1) is 0 Å². The number of piperazine rings is 1. The third-order valence-electron chi connectivity index (χ3n) is 5.00. The molecule has 7 heteroatoms. The van der Waals surface area contributed by atoms with Crippen LogP contribution in [0.4, 0.5) is 14.9 Å². The van der Waals surface area contributed by atoms with Gasteiger partial charge in [0.25, 0.3) is 0 Å². The average molecular weight is 387 g/mol. The van der Waals surface area contributed by atoms with E-state index in [-0.39, 0.29) is 17.9 Å². The number of nitrogens with zero attached hydrogens (tertiary/aromatic N) is 2. The van der Waals surface area contributed by atoms with Crippen LogP contribution in [-0.4, -0.2) is 51.3 Å². The van der Waals surface area contributed by atoms with Crippen LogP contribution in [0, 0.1) is 5.82 Å². The molecule has 0 aromatic heterocycles. The van der Waals surface area contributed by atoms with E-state index in [1.54, 1.807) is 31.3 Å². The highest BCUT2D eigenvalue weighted by molar-refractivity contribution is 5.75. The van der Waals surface area contributed by atoms with Crippen LogP contribution in [-0.2, 0) is 0 Å². The van der Waals surface area contributed by atoms with Gasteiger partial charge in [-0.3, -0.25) is 0 Å². The third kappa shape index (κ3) is 4.30. The molecule has 0 radical (unpaired) electrons. The van der Waals surface area contributed by atoms with Crippen LogP contribution >= 0.6 is 0 Å². The van der Waals surface area contributed by atoms with Crippen molar-refractivity contribution in [1.29, 1.82) is 0 Å². The number of hydrogen-bond acceptors (Lipinski definition) is 4. The average Bonchev–Trinajstić information content (AvgIpc) is 2.73. The number of urea groups is 1. The van der Waals surface area contributed by atoms with E-state index in [0.717, 1.165) is 5.56 Å². The van der Waals surface area contributed by atoms with E-state index in [1.807, 2.05) is 36.1 Å². The normalized spacial score (nSPS) is 15.1. The fraction of sp³-hybridized carbons (Fsp3) is 0.381. The lowest BCUT2D eigenvalue weighted by molar-refractivity contribution is 0.191. The van der Waals surface area contributed by atoms with Crippen molar-refractivity contribution in [2.45, 2.75) is 13.0 Å². The molecule has 1 heterocycles. The Morgan fingerprint density at radius 2 is 1.79 bits per heavy atom. The van der Waals surface area contributed by atoms with Gasteiger partial charge in [-0.05, 0) is 37.3 Å². The summed E-state index contributed by atoms with van der Waals surface area (Å²) in [6, 6.07) is 11.8. The Hall–Kier alpha value is -2.96. The Balaban J connectivity index is 1.61. The van der Waals surface area contributed by atoms with Crippen molar-refractivity contribution in [3.63, 3.8) is 0 Å². The number of anilines is 1. The summed E-state index contributed by atoms with van der Waals surface area (Å²) in [6.45, 7) is 4.14. The lowest BCUT2D eigenvalue weighted by atomic mass is 10.1. The number of amides is 2. The fourth-order valence-electron chi connectivity index (χ4n) is 3.39. The van der Waals surface area contributed by atoms with Crippen molar-refractivity contribution < 1.29 is 18.7 Å². The Kier molecular flexibility index (Phi) is 6.23. The highest BCUT2D eigenvalue weighted by atomic mass is 19.1. The molecule has 2 aromatic carbocycles. The highest BCUT2D eigenvalue weighted by Crippen LogP contribution is 2.29. The molecule has 1 saturated heterocycles. The Bertz CT molecular complexity index is 822. The SMILES string of the molecule is COc1ccc(OC)c(C(C)NC(=O)N2CCN(c3ccccc3F)CC2)c1. The summed E-state index contributed by atoms with van der Waals surface area (Å²) in [5.41, 5.74) is 1.43. The summed E-state index contributed by atoms with van der Waals surface area (Å²) in [5, 5.41) is 3.02. The van der Waals surface area contributed by atoms with Crippen molar-refractivity contribution in [1.82, 2.24) is 10.2 Å². The van der Waals surface area contributed by atoms with Gasteiger partial charge in [-0.2, -0.15) is 0 Å². The van der Waals surface area contributed by atoms with Gasteiger partial charge in [-0.1, -0.05) is 12.1 Å². The van der Waals surface area contributed by atoms with E-state index in [9.17, 15) is 9.18 Å². The molecule has 3 rings (SSSR count). The minimum atomic E-state index is -0.248. The Morgan fingerprint density at radius 3 is 2.43 bits per heavy atom. The van der Waals surface area contributed by atoms with Gasteiger partial charge >= 0.3 is 6.03 Å². The van der Waals surface area contributed by atoms with Crippen molar-refractivity contribution in [3.8, 4) is 11.5 Å². The minimum absolute atomic E-state index is 0.148. The van der Waals surface area contributed by atoms with E-state index < -0.39 is 0 Å². The number of rotatable bonds is 5. The first-order chi connectivity index (χ1) is 13.5. The number of carbonyl (C=O) groups is 1. The van der Waals surface area contributed by atoms with Gasteiger partial charge in [0.15, 0.2) is 0 Å². The topological polar surface area (TPSA) is 54.0 Å². The van der Waals surface area contributed by atoms with E-state index >= 15 is 0 Å². The second-order valence-corrected chi connectivity index (χ2v) is 6.70. The van der Waals surface area contributed by atoms with Crippen LogP contribution in [0.15, 0.2) is 42.5 Å². The molecule has 150 valence electrons. The molecule has 2 aromatic rings. The van der Waals surface area contributed by atoms with Gasteiger partial charge < -0.3 is 24.6 Å². The number of hydrogen-bond donors (Lipinski definition) is 1. The predicted octanol–water partition coefficient (Wildman–Crippen LogP) is 3.44. The molecule has 0 aliphatic carbocycles. The summed E-state index contributed by atoms with van der Waals surface area (Å²) < 4.78 is 24.6. The highest BCUT2D eigenvalue weighted by Gasteiger charge is 2.24. The number of carbonyl (C=O) groups excluding carboxylic acids is 1. The van der Waals surface area contributed by atoms with Crippen LogP contribution in [0.25, 0.3) is 0 Å². The second-order valence-electron chi connectivity index (χ2n) is 6.70. The number of para-hydroxylation sites is 1. The minimum Gasteiger partial charge on any atom is -0.497 e. The van der Waals surface area contributed by atoms with Crippen LogP contribution < -0.4 is 19.7 Å². The molecule has 0 spiro atoms. The molecule has 1 N–H and O–H groups in total. The molecule has 1 atom stereocenters. The molecular weight excluding hydrogens is 361 g/mol. The molecule has 1 aliphatic heterocycles. The van der Waals surface area contributed by atoms with Gasteiger partial charge in [0.1, 0.15) is 17.3 Å². The zero-order valence-corrected chi connectivity index (χ0v) is 16.4. The first kappa shape index (κ1) is 19.8. The smallest absolute Gasteiger partial charge is 0.317 e. The zero-order valence-electron chi connectivity index (χ0n) is 16.4. The Morgan fingerprint density at radius 1 is 1.07 bits per heavy atom. The third-order valence-corrected chi connectivity index (χ3v) is 5.00. The standard InChI is InChI=1S/C21H26FN3O3/c1-15(17-14-16(27-2)8-9-20(17)28-3)23-21(26)25-12-10-24(11-13-25)19-7-5-4-6-18(19)22/h4-9,14-15H,10-13H2,1-3H3,(H,23,26). The van der Waals surface area contributed by atoms with Gasteiger partial charge in [-0.25, -0.2) is 9.18 Å². The fourth-order valence-corrected chi connectivity index (χ4v) is 3.39. The quantitative estimate of drug-likeness (QED) is 0.854. The molecule has 28 heavy (non-hydrogen) atoms. The number of benzene rings is 2. The van der Waals surface area contributed by atoms with Crippen molar-refractivity contribution >= 4 is 11.7 Å². The maximum absolute atomic E-state index is 14.0. The number of ether oxygens (including phenoxy) is 2. The molecule has 1 unspecified atom stereocenters. The largest absolute Gasteiger partial charge is 0.497 e. The van der Waals surface area contributed by atoms with Gasteiger partial charge in [0.05, 0.1) is 25.9 Å².